The minimum absolute atomic E-state index is 0.635. The van der Waals surface area contributed by atoms with E-state index in [2.05, 4.69) is 62.6 Å². The molecule has 0 spiro atoms. The number of nitrogens with zero attached hydrogens (tertiary/aromatic N) is 6. The molecule has 2 aromatic heterocycles. The Morgan fingerprint density at radius 1 is 1.00 bits per heavy atom. The highest BCUT2D eigenvalue weighted by Gasteiger charge is 2.32. The Bertz CT molecular complexity index is 1050. The lowest BCUT2D eigenvalue weighted by atomic mass is 10.1. The predicted octanol–water partition coefficient (Wildman–Crippen LogP) is 3.50. The zero-order valence-electron chi connectivity index (χ0n) is 19.9. The van der Waals surface area contributed by atoms with E-state index in [0.29, 0.717) is 6.04 Å². The van der Waals surface area contributed by atoms with Gasteiger partial charge < -0.3 is 14.5 Å². The fourth-order valence-corrected chi connectivity index (χ4v) is 4.64. The highest BCUT2D eigenvalue weighted by molar-refractivity contribution is 5.56. The number of likely N-dealkylation sites (N-methyl/N-ethyl adjacent to an activating group) is 1. The molecule has 1 aromatic carbocycles. The fourth-order valence-electron chi connectivity index (χ4n) is 4.64. The standard InChI is InChI=1S/C26H34N6O/c1-20-25(19-31(22-7-8-22)18-21-6-4-5-13-27-21)26(30-16-14-29(2)15-17-30)32(28-20)23-9-11-24(33-3)12-10-23/h4-6,9-13,22H,7-8,14-19H2,1-3H3. The van der Waals surface area contributed by atoms with Crippen molar-refractivity contribution in [3.63, 3.8) is 0 Å². The highest BCUT2D eigenvalue weighted by atomic mass is 16.5. The number of hydrogen-bond acceptors (Lipinski definition) is 6. The Balaban J connectivity index is 1.50. The number of aromatic nitrogens is 3. The second kappa shape index (κ2) is 9.53. The van der Waals surface area contributed by atoms with Crippen molar-refractivity contribution < 1.29 is 4.74 Å². The molecule has 0 atom stereocenters. The second-order valence-corrected chi connectivity index (χ2v) is 9.24. The first-order chi connectivity index (χ1) is 16.1. The van der Waals surface area contributed by atoms with Gasteiger partial charge in [-0.2, -0.15) is 5.10 Å². The maximum atomic E-state index is 5.38. The van der Waals surface area contributed by atoms with Crippen LogP contribution in [0, 0.1) is 6.92 Å². The molecule has 0 amide bonds. The molecule has 2 aliphatic rings. The molecular weight excluding hydrogens is 412 g/mol. The molecule has 3 heterocycles. The molecule has 0 unspecified atom stereocenters. The van der Waals surface area contributed by atoms with Crippen molar-refractivity contribution in [1.29, 1.82) is 0 Å². The van der Waals surface area contributed by atoms with E-state index in [9.17, 15) is 0 Å². The summed E-state index contributed by atoms with van der Waals surface area (Å²) in [6.45, 7) is 8.06. The van der Waals surface area contributed by atoms with Gasteiger partial charge in [-0.3, -0.25) is 9.88 Å². The van der Waals surface area contributed by atoms with Gasteiger partial charge in [0, 0.05) is 57.1 Å². The van der Waals surface area contributed by atoms with Crippen molar-refractivity contribution in [2.75, 3.05) is 45.2 Å². The Morgan fingerprint density at radius 2 is 1.76 bits per heavy atom. The topological polar surface area (TPSA) is 49.7 Å². The molecule has 0 bridgehead atoms. The van der Waals surface area contributed by atoms with Crippen molar-refractivity contribution in [1.82, 2.24) is 24.6 Å². The van der Waals surface area contributed by atoms with E-state index in [-0.39, 0.29) is 0 Å². The molecule has 5 rings (SSSR count). The first-order valence-electron chi connectivity index (χ1n) is 11.9. The van der Waals surface area contributed by atoms with Gasteiger partial charge in [0.25, 0.3) is 0 Å². The lowest BCUT2D eigenvalue weighted by molar-refractivity contribution is 0.242. The summed E-state index contributed by atoms with van der Waals surface area (Å²) in [4.78, 5) is 12.1. The number of pyridine rings is 1. The molecule has 7 heteroatoms. The van der Waals surface area contributed by atoms with E-state index >= 15 is 0 Å². The van der Waals surface area contributed by atoms with Gasteiger partial charge in [-0.25, -0.2) is 4.68 Å². The molecular formula is C26H34N6O. The summed E-state index contributed by atoms with van der Waals surface area (Å²) in [5.41, 5.74) is 4.64. The largest absolute Gasteiger partial charge is 0.497 e. The van der Waals surface area contributed by atoms with Crippen LogP contribution in [-0.4, -0.2) is 70.9 Å². The number of hydrogen-bond donors (Lipinski definition) is 0. The van der Waals surface area contributed by atoms with E-state index in [1.807, 2.05) is 24.4 Å². The molecule has 7 nitrogen and oxygen atoms in total. The fraction of sp³-hybridized carbons (Fsp3) is 0.462. The number of benzene rings is 1. The summed E-state index contributed by atoms with van der Waals surface area (Å²) in [6.07, 6.45) is 4.42. The molecule has 1 saturated carbocycles. The van der Waals surface area contributed by atoms with Crippen molar-refractivity contribution in [3.8, 4) is 11.4 Å². The van der Waals surface area contributed by atoms with E-state index in [1.165, 1.54) is 24.2 Å². The summed E-state index contributed by atoms with van der Waals surface area (Å²) < 4.78 is 7.52. The summed E-state index contributed by atoms with van der Waals surface area (Å²) in [5, 5.41) is 5.05. The van der Waals surface area contributed by atoms with Crippen LogP contribution in [0.3, 0.4) is 0 Å². The van der Waals surface area contributed by atoms with Gasteiger partial charge >= 0.3 is 0 Å². The van der Waals surface area contributed by atoms with Gasteiger partial charge in [0.05, 0.1) is 24.2 Å². The average molecular weight is 447 g/mol. The van der Waals surface area contributed by atoms with Gasteiger partial charge in [0.2, 0.25) is 0 Å². The lowest BCUT2D eigenvalue weighted by Gasteiger charge is -2.35. The van der Waals surface area contributed by atoms with Crippen molar-refractivity contribution in [2.45, 2.75) is 38.9 Å². The molecule has 1 aliphatic heterocycles. The van der Waals surface area contributed by atoms with Gasteiger partial charge in [0.15, 0.2) is 0 Å². The molecule has 33 heavy (non-hydrogen) atoms. The number of rotatable bonds is 8. The minimum Gasteiger partial charge on any atom is -0.497 e. The Morgan fingerprint density at radius 3 is 2.39 bits per heavy atom. The maximum absolute atomic E-state index is 5.38. The third-order valence-electron chi connectivity index (χ3n) is 6.79. The van der Waals surface area contributed by atoms with Crippen molar-refractivity contribution in [2.24, 2.45) is 0 Å². The van der Waals surface area contributed by atoms with Gasteiger partial charge in [-0.15, -0.1) is 0 Å². The minimum atomic E-state index is 0.635. The van der Waals surface area contributed by atoms with Crippen LogP contribution in [-0.2, 0) is 13.1 Å². The van der Waals surface area contributed by atoms with E-state index < -0.39 is 0 Å². The predicted molar refractivity (Wildman–Crippen MR) is 131 cm³/mol. The van der Waals surface area contributed by atoms with Crippen LogP contribution < -0.4 is 9.64 Å². The van der Waals surface area contributed by atoms with Crippen LogP contribution in [0.2, 0.25) is 0 Å². The number of methoxy groups -OCH3 is 1. The molecule has 2 fully saturated rings. The van der Waals surface area contributed by atoms with Gasteiger partial charge in [0.1, 0.15) is 11.6 Å². The second-order valence-electron chi connectivity index (χ2n) is 9.24. The summed E-state index contributed by atoms with van der Waals surface area (Å²) in [6, 6.07) is 15.0. The van der Waals surface area contributed by atoms with Crippen LogP contribution in [0.15, 0.2) is 48.7 Å². The first-order valence-corrected chi connectivity index (χ1v) is 11.9. The third-order valence-corrected chi connectivity index (χ3v) is 6.79. The quantitative estimate of drug-likeness (QED) is 0.528. The number of ether oxygens (including phenoxy) is 1. The van der Waals surface area contributed by atoms with Gasteiger partial charge in [-0.05, 0) is 63.2 Å². The zero-order chi connectivity index (χ0) is 22.8. The first kappa shape index (κ1) is 21.9. The van der Waals surface area contributed by atoms with E-state index in [0.717, 1.165) is 62.1 Å². The van der Waals surface area contributed by atoms with Crippen molar-refractivity contribution in [3.05, 3.63) is 65.6 Å². The number of piperazine rings is 1. The smallest absolute Gasteiger partial charge is 0.137 e. The van der Waals surface area contributed by atoms with Crippen LogP contribution in [0.1, 0.15) is 29.8 Å². The van der Waals surface area contributed by atoms with Crippen molar-refractivity contribution >= 4 is 5.82 Å². The zero-order valence-corrected chi connectivity index (χ0v) is 19.9. The van der Waals surface area contributed by atoms with Crippen LogP contribution in [0.4, 0.5) is 5.82 Å². The Hall–Kier alpha value is -2.90. The third kappa shape index (κ3) is 4.89. The van der Waals surface area contributed by atoms with Crippen LogP contribution in [0.25, 0.3) is 5.69 Å². The molecule has 174 valence electrons. The summed E-state index contributed by atoms with van der Waals surface area (Å²) in [7, 11) is 3.90. The Kier molecular flexibility index (Phi) is 6.33. The normalized spacial score (nSPS) is 17.0. The molecule has 0 radical (unpaired) electrons. The van der Waals surface area contributed by atoms with E-state index in [1.54, 1.807) is 7.11 Å². The average Bonchev–Trinajstić information content (AvgIpc) is 3.64. The monoisotopic (exact) mass is 446 g/mol. The SMILES string of the molecule is COc1ccc(-n2nc(C)c(CN(Cc3ccccn3)C3CC3)c2N2CCN(C)CC2)cc1. The highest BCUT2D eigenvalue weighted by Crippen LogP contribution is 2.34. The van der Waals surface area contributed by atoms with Crippen LogP contribution >= 0.6 is 0 Å². The Labute approximate surface area is 196 Å². The number of aryl methyl sites for hydroxylation is 1. The molecule has 3 aromatic rings. The van der Waals surface area contributed by atoms with E-state index in [4.69, 9.17) is 9.84 Å². The van der Waals surface area contributed by atoms with Gasteiger partial charge in [-0.1, -0.05) is 6.07 Å². The maximum Gasteiger partial charge on any atom is 0.137 e. The number of anilines is 1. The molecule has 1 aliphatic carbocycles. The molecule has 0 N–H and O–H groups in total. The molecule has 1 saturated heterocycles. The van der Waals surface area contributed by atoms with Crippen LogP contribution in [0.5, 0.6) is 5.75 Å². The summed E-state index contributed by atoms with van der Waals surface area (Å²) >= 11 is 0. The summed E-state index contributed by atoms with van der Waals surface area (Å²) in [5.74, 6) is 2.09. The lowest BCUT2D eigenvalue weighted by Crippen LogP contribution is -2.45.